The van der Waals surface area contributed by atoms with E-state index in [2.05, 4.69) is 0 Å². The van der Waals surface area contributed by atoms with Crippen molar-refractivity contribution in [2.45, 2.75) is 32.5 Å². The summed E-state index contributed by atoms with van der Waals surface area (Å²) in [6.07, 6.45) is -4.60. The molecule has 0 fully saturated rings. The first-order valence-electron chi connectivity index (χ1n) is 7.05. The van der Waals surface area contributed by atoms with Gasteiger partial charge in [-0.05, 0) is 37.6 Å². The van der Waals surface area contributed by atoms with E-state index in [1.807, 2.05) is 13.8 Å². The molecule has 1 aromatic rings. The predicted molar refractivity (Wildman–Crippen MR) is 75.4 cm³/mol. The standard InChI is InChI=1S/C15H22F3NO2/c1-3-9-19(11-15(16,17)18)10-14(20)12-5-7-13(8-6-12)21-4-2/h5-8,14,20H,3-4,9-11H2,1-2H3. The second-order valence-electron chi connectivity index (χ2n) is 4.87. The van der Waals surface area contributed by atoms with Gasteiger partial charge in [-0.15, -0.1) is 0 Å². The highest BCUT2D eigenvalue weighted by Gasteiger charge is 2.31. The van der Waals surface area contributed by atoms with Crippen LogP contribution in [0.5, 0.6) is 5.75 Å². The number of aliphatic hydroxyl groups excluding tert-OH is 1. The Morgan fingerprint density at radius 2 is 1.81 bits per heavy atom. The average Bonchev–Trinajstić information content (AvgIpc) is 2.38. The number of rotatable bonds is 8. The van der Waals surface area contributed by atoms with Crippen molar-refractivity contribution in [3.63, 3.8) is 0 Å². The molecular weight excluding hydrogens is 283 g/mol. The summed E-state index contributed by atoms with van der Waals surface area (Å²) in [5.74, 6) is 0.675. The molecule has 0 aliphatic rings. The van der Waals surface area contributed by atoms with Gasteiger partial charge in [0.15, 0.2) is 0 Å². The largest absolute Gasteiger partial charge is 0.494 e. The van der Waals surface area contributed by atoms with E-state index >= 15 is 0 Å². The third-order valence-electron chi connectivity index (χ3n) is 2.95. The summed E-state index contributed by atoms with van der Waals surface area (Å²) >= 11 is 0. The number of hydrogen-bond donors (Lipinski definition) is 1. The van der Waals surface area contributed by atoms with E-state index in [4.69, 9.17) is 4.74 Å². The Morgan fingerprint density at radius 1 is 1.19 bits per heavy atom. The van der Waals surface area contributed by atoms with E-state index in [1.165, 1.54) is 4.90 Å². The van der Waals surface area contributed by atoms with Crippen LogP contribution in [0.1, 0.15) is 31.9 Å². The number of hydrogen-bond acceptors (Lipinski definition) is 3. The van der Waals surface area contributed by atoms with Crippen LogP contribution in [0, 0.1) is 0 Å². The van der Waals surface area contributed by atoms with Crippen LogP contribution in [0.25, 0.3) is 0 Å². The Labute approximate surface area is 123 Å². The molecule has 120 valence electrons. The molecule has 0 bridgehead atoms. The number of benzene rings is 1. The SMILES string of the molecule is CCCN(CC(O)c1ccc(OCC)cc1)CC(F)(F)F. The van der Waals surface area contributed by atoms with Crippen molar-refractivity contribution in [3.05, 3.63) is 29.8 Å². The van der Waals surface area contributed by atoms with Crippen LogP contribution in [0.2, 0.25) is 0 Å². The quantitative estimate of drug-likeness (QED) is 0.799. The summed E-state index contributed by atoms with van der Waals surface area (Å²) in [4.78, 5) is 1.22. The highest BCUT2D eigenvalue weighted by atomic mass is 19.4. The molecule has 0 aromatic heterocycles. The minimum Gasteiger partial charge on any atom is -0.494 e. The van der Waals surface area contributed by atoms with Gasteiger partial charge in [-0.3, -0.25) is 4.90 Å². The van der Waals surface area contributed by atoms with Crippen LogP contribution in [0.4, 0.5) is 13.2 Å². The van der Waals surface area contributed by atoms with Gasteiger partial charge < -0.3 is 9.84 Å². The van der Waals surface area contributed by atoms with E-state index in [0.29, 0.717) is 30.9 Å². The van der Waals surface area contributed by atoms with Gasteiger partial charge in [-0.2, -0.15) is 13.2 Å². The van der Waals surface area contributed by atoms with Crippen molar-refractivity contribution < 1.29 is 23.0 Å². The molecule has 1 rings (SSSR count). The topological polar surface area (TPSA) is 32.7 Å². The average molecular weight is 305 g/mol. The molecule has 1 unspecified atom stereocenters. The Hall–Kier alpha value is -1.27. The van der Waals surface area contributed by atoms with Crippen LogP contribution in [-0.2, 0) is 0 Å². The summed E-state index contributed by atoms with van der Waals surface area (Å²) in [6, 6.07) is 6.76. The van der Waals surface area contributed by atoms with E-state index in [0.717, 1.165) is 0 Å². The van der Waals surface area contributed by atoms with Crippen molar-refractivity contribution in [2.24, 2.45) is 0 Å². The van der Waals surface area contributed by atoms with Crippen molar-refractivity contribution >= 4 is 0 Å². The van der Waals surface area contributed by atoms with Gasteiger partial charge in [-0.25, -0.2) is 0 Å². The maximum atomic E-state index is 12.5. The number of nitrogens with zero attached hydrogens (tertiary/aromatic N) is 1. The number of ether oxygens (including phenoxy) is 1. The molecule has 0 aliphatic heterocycles. The fourth-order valence-corrected chi connectivity index (χ4v) is 2.11. The molecule has 0 saturated carbocycles. The second kappa shape index (κ2) is 8.24. The Kier molecular flexibility index (Phi) is 6.98. The molecule has 0 aliphatic carbocycles. The minimum absolute atomic E-state index is 0.0403. The molecule has 1 N–H and O–H groups in total. The molecule has 3 nitrogen and oxygen atoms in total. The van der Waals surface area contributed by atoms with Crippen molar-refractivity contribution in [2.75, 3.05) is 26.2 Å². The Balaban J connectivity index is 2.65. The molecule has 21 heavy (non-hydrogen) atoms. The summed E-state index contributed by atoms with van der Waals surface area (Å²) < 4.78 is 42.7. The third-order valence-corrected chi connectivity index (χ3v) is 2.95. The normalized spacial score (nSPS) is 13.5. The molecule has 0 spiro atoms. The highest BCUT2D eigenvalue weighted by Crippen LogP contribution is 2.21. The lowest BCUT2D eigenvalue weighted by molar-refractivity contribution is -0.148. The molecule has 0 saturated heterocycles. The number of aliphatic hydroxyl groups is 1. The Bertz CT molecular complexity index is 406. The maximum absolute atomic E-state index is 12.5. The Morgan fingerprint density at radius 3 is 2.29 bits per heavy atom. The van der Waals surface area contributed by atoms with Crippen molar-refractivity contribution in [1.82, 2.24) is 4.90 Å². The zero-order valence-electron chi connectivity index (χ0n) is 12.4. The molecule has 0 amide bonds. The molecule has 1 aromatic carbocycles. The van der Waals surface area contributed by atoms with E-state index in [1.54, 1.807) is 24.3 Å². The summed E-state index contributed by atoms with van der Waals surface area (Å²) in [7, 11) is 0. The van der Waals surface area contributed by atoms with Crippen LogP contribution < -0.4 is 4.74 Å². The number of alkyl halides is 3. The van der Waals surface area contributed by atoms with E-state index in [-0.39, 0.29) is 6.54 Å². The van der Waals surface area contributed by atoms with Gasteiger partial charge in [0.05, 0.1) is 19.3 Å². The van der Waals surface area contributed by atoms with Crippen LogP contribution in [0.3, 0.4) is 0 Å². The van der Waals surface area contributed by atoms with Crippen molar-refractivity contribution in [1.29, 1.82) is 0 Å². The molecular formula is C15H22F3NO2. The zero-order valence-corrected chi connectivity index (χ0v) is 12.4. The van der Waals surface area contributed by atoms with Crippen LogP contribution >= 0.6 is 0 Å². The van der Waals surface area contributed by atoms with Gasteiger partial charge in [0, 0.05) is 6.54 Å². The van der Waals surface area contributed by atoms with E-state index < -0.39 is 18.8 Å². The predicted octanol–water partition coefficient (Wildman–Crippen LogP) is 3.39. The lowest BCUT2D eigenvalue weighted by atomic mass is 10.1. The monoisotopic (exact) mass is 305 g/mol. The van der Waals surface area contributed by atoms with Crippen molar-refractivity contribution in [3.8, 4) is 5.75 Å². The lowest BCUT2D eigenvalue weighted by Gasteiger charge is -2.25. The molecule has 6 heteroatoms. The third kappa shape index (κ3) is 6.82. The van der Waals surface area contributed by atoms with Gasteiger partial charge in [0.1, 0.15) is 5.75 Å². The molecule has 0 radical (unpaired) electrons. The van der Waals surface area contributed by atoms with Crippen LogP contribution in [-0.4, -0.2) is 42.4 Å². The molecule has 0 heterocycles. The minimum atomic E-state index is -4.26. The van der Waals surface area contributed by atoms with Gasteiger partial charge >= 0.3 is 6.18 Å². The molecule has 1 atom stereocenters. The fourth-order valence-electron chi connectivity index (χ4n) is 2.11. The number of halogens is 3. The summed E-state index contributed by atoms with van der Waals surface area (Å²) in [5, 5.41) is 10.1. The second-order valence-corrected chi connectivity index (χ2v) is 4.87. The first-order valence-corrected chi connectivity index (χ1v) is 7.05. The van der Waals surface area contributed by atoms with Crippen LogP contribution in [0.15, 0.2) is 24.3 Å². The first-order chi connectivity index (χ1) is 9.85. The maximum Gasteiger partial charge on any atom is 0.401 e. The smallest absolute Gasteiger partial charge is 0.401 e. The van der Waals surface area contributed by atoms with Gasteiger partial charge in [-0.1, -0.05) is 19.1 Å². The fraction of sp³-hybridized carbons (Fsp3) is 0.600. The van der Waals surface area contributed by atoms with Gasteiger partial charge in [0.25, 0.3) is 0 Å². The summed E-state index contributed by atoms with van der Waals surface area (Å²) in [5.41, 5.74) is 0.585. The zero-order chi connectivity index (χ0) is 15.9. The van der Waals surface area contributed by atoms with E-state index in [9.17, 15) is 18.3 Å². The summed E-state index contributed by atoms with van der Waals surface area (Å²) in [6.45, 7) is 3.47. The first kappa shape index (κ1) is 17.8. The highest BCUT2D eigenvalue weighted by molar-refractivity contribution is 5.28. The van der Waals surface area contributed by atoms with Gasteiger partial charge in [0.2, 0.25) is 0 Å². The lowest BCUT2D eigenvalue weighted by Crippen LogP contribution is -2.37.